The van der Waals surface area contributed by atoms with Gasteiger partial charge in [0.15, 0.2) is 0 Å². The van der Waals surface area contributed by atoms with Crippen LogP contribution in [0.4, 0.5) is 5.69 Å². The van der Waals surface area contributed by atoms with Gasteiger partial charge in [0, 0.05) is 25.2 Å². The molecule has 1 N–H and O–H groups in total. The van der Waals surface area contributed by atoms with Gasteiger partial charge in [-0.15, -0.1) is 0 Å². The highest BCUT2D eigenvalue weighted by Gasteiger charge is 2.34. The maximum atomic E-state index is 12.7. The van der Waals surface area contributed by atoms with Gasteiger partial charge in [0.05, 0.1) is 5.92 Å². The number of para-hydroxylation sites is 1. The zero-order valence-electron chi connectivity index (χ0n) is 15.2. The van der Waals surface area contributed by atoms with E-state index in [4.69, 9.17) is 0 Å². The van der Waals surface area contributed by atoms with Crippen LogP contribution >= 0.6 is 0 Å². The molecule has 1 aromatic carbocycles. The number of rotatable bonds is 8. The molecule has 24 heavy (non-hydrogen) atoms. The SMILES string of the molecule is CCCCCN1CC(C(=O)Nc2c(CC)cccc2CC)CC1=O. The summed E-state index contributed by atoms with van der Waals surface area (Å²) in [4.78, 5) is 26.7. The Kier molecular flexibility index (Phi) is 6.83. The van der Waals surface area contributed by atoms with Gasteiger partial charge in [-0.05, 0) is 30.4 Å². The number of carbonyl (C=O) groups excluding carboxylic acids is 2. The maximum Gasteiger partial charge on any atom is 0.229 e. The van der Waals surface area contributed by atoms with E-state index in [2.05, 4.69) is 38.2 Å². The van der Waals surface area contributed by atoms with Crippen LogP contribution in [0.5, 0.6) is 0 Å². The molecule has 4 heteroatoms. The molecule has 4 nitrogen and oxygen atoms in total. The zero-order valence-corrected chi connectivity index (χ0v) is 15.2. The highest BCUT2D eigenvalue weighted by atomic mass is 16.2. The average Bonchev–Trinajstić information content (AvgIpc) is 2.96. The van der Waals surface area contributed by atoms with Crippen LogP contribution in [0.3, 0.4) is 0 Å². The minimum Gasteiger partial charge on any atom is -0.342 e. The number of hydrogen-bond donors (Lipinski definition) is 1. The molecule has 1 saturated heterocycles. The van der Waals surface area contributed by atoms with Gasteiger partial charge in [-0.1, -0.05) is 51.8 Å². The molecule has 1 aromatic rings. The monoisotopic (exact) mass is 330 g/mol. The van der Waals surface area contributed by atoms with E-state index < -0.39 is 0 Å². The molecule has 1 fully saturated rings. The summed E-state index contributed by atoms with van der Waals surface area (Å²) in [7, 11) is 0. The fourth-order valence-corrected chi connectivity index (χ4v) is 3.34. The Morgan fingerprint density at radius 3 is 2.42 bits per heavy atom. The summed E-state index contributed by atoms with van der Waals surface area (Å²) < 4.78 is 0. The van der Waals surface area contributed by atoms with Crippen molar-refractivity contribution in [3.05, 3.63) is 29.3 Å². The summed E-state index contributed by atoms with van der Waals surface area (Å²) in [5, 5.41) is 3.11. The molecule has 0 spiro atoms. The Morgan fingerprint density at radius 1 is 1.17 bits per heavy atom. The van der Waals surface area contributed by atoms with Crippen molar-refractivity contribution in [1.82, 2.24) is 4.90 Å². The molecular formula is C20H30N2O2. The highest BCUT2D eigenvalue weighted by Crippen LogP contribution is 2.25. The van der Waals surface area contributed by atoms with E-state index in [9.17, 15) is 9.59 Å². The van der Waals surface area contributed by atoms with Crippen molar-refractivity contribution in [3.63, 3.8) is 0 Å². The molecule has 0 aliphatic carbocycles. The number of aryl methyl sites for hydroxylation is 2. The summed E-state index contributed by atoms with van der Waals surface area (Å²) in [6.07, 6.45) is 5.40. The van der Waals surface area contributed by atoms with E-state index in [0.29, 0.717) is 13.0 Å². The van der Waals surface area contributed by atoms with Crippen molar-refractivity contribution in [2.75, 3.05) is 18.4 Å². The van der Waals surface area contributed by atoms with Crippen LogP contribution in [0, 0.1) is 5.92 Å². The predicted molar refractivity (Wildman–Crippen MR) is 98.0 cm³/mol. The number of anilines is 1. The van der Waals surface area contributed by atoms with Crippen LogP contribution in [0.25, 0.3) is 0 Å². The molecule has 1 atom stereocenters. The van der Waals surface area contributed by atoms with Crippen LogP contribution < -0.4 is 5.32 Å². The first-order chi connectivity index (χ1) is 11.6. The van der Waals surface area contributed by atoms with Crippen molar-refractivity contribution in [2.45, 2.75) is 59.3 Å². The van der Waals surface area contributed by atoms with Gasteiger partial charge in [0.2, 0.25) is 11.8 Å². The van der Waals surface area contributed by atoms with Crippen LogP contribution in [-0.4, -0.2) is 29.8 Å². The normalized spacial score (nSPS) is 17.4. The van der Waals surface area contributed by atoms with E-state index in [-0.39, 0.29) is 17.7 Å². The van der Waals surface area contributed by atoms with Gasteiger partial charge < -0.3 is 10.2 Å². The third-order valence-corrected chi connectivity index (χ3v) is 4.86. The number of nitrogens with one attached hydrogen (secondary N) is 1. The van der Waals surface area contributed by atoms with E-state index in [1.807, 2.05) is 11.0 Å². The number of carbonyl (C=O) groups is 2. The third kappa shape index (κ3) is 4.37. The number of unbranched alkanes of at least 4 members (excludes halogenated alkanes) is 2. The van der Waals surface area contributed by atoms with Crippen molar-refractivity contribution in [1.29, 1.82) is 0 Å². The second-order valence-corrected chi connectivity index (χ2v) is 6.60. The van der Waals surface area contributed by atoms with Gasteiger partial charge in [0.25, 0.3) is 0 Å². The Morgan fingerprint density at radius 2 is 1.83 bits per heavy atom. The average molecular weight is 330 g/mol. The van der Waals surface area contributed by atoms with Gasteiger partial charge in [0.1, 0.15) is 0 Å². The van der Waals surface area contributed by atoms with E-state index in [1.165, 1.54) is 0 Å². The Hall–Kier alpha value is -1.84. The lowest BCUT2D eigenvalue weighted by atomic mass is 10.0. The van der Waals surface area contributed by atoms with Crippen molar-refractivity contribution < 1.29 is 9.59 Å². The van der Waals surface area contributed by atoms with Gasteiger partial charge in [-0.3, -0.25) is 9.59 Å². The molecule has 1 unspecified atom stereocenters. The number of nitrogens with zero attached hydrogens (tertiary/aromatic N) is 1. The van der Waals surface area contributed by atoms with E-state index in [1.54, 1.807) is 0 Å². The standard InChI is InChI=1S/C20H30N2O2/c1-4-7-8-12-22-14-17(13-18(22)23)20(24)21-19-15(5-2)10-9-11-16(19)6-3/h9-11,17H,4-8,12-14H2,1-3H3,(H,21,24). The van der Waals surface area contributed by atoms with Crippen molar-refractivity contribution in [2.24, 2.45) is 5.92 Å². The van der Waals surface area contributed by atoms with Gasteiger partial charge in [-0.2, -0.15) is 0 Å². The minimum atomic E-state index is -0.228. The second kappa shape index (κ2) is 8.86. The number of hydrogen-bond acceptors (Lipinski definition) is 2. The smallest absolute Gasteiger partial charge is 0.229 e. The molecule has 0 bridgehead atoms. The van der Waals surface area contributed by atoms with Crippen LogP contribution in [0.1, 0.15) is 57.6 Å². The summed E-state index contributed by atoms with van der Waals surface area (Å²) in [6, 6.07) is 6.17. The zero-order chi connectivity index (χ0) is 17.5. The summed E-state index contributed by atoms with van der Waals surface area (Å²) in [5.74, 6) is -0.128. The quantitative estimate of drug-likeness (QED) is 0.737. The van der Waals surface area contributed by atoms with E-state index in [0.717, 1.165) is 55.5 Å². The summed E-state index contributed by atoms with van der Waals surface area (Å²) >= 11 is 0. The molecule has 2 amide bonds. The lowest BCUT2D eigenvalue weighted by molar-refractivity contribution is -0.128. The molecule has 1 heterocycles. The number of benzene rings is 1. The molecular weight excluding hydrogens is 300 g/mol. The minimum absolute atomic E-state index is 0.0167. The summed E-state index contributed by atoms with van der Waals surface area (Å²) in [5.41, 5.74) is 3.27. The number of amides is 2. The molecule has 1 aliphatic heterocycles. The maximum absolute atomic E-state index is 12.7. The van der Waals surface area contributed by atoms with Crippen LogP contribution in [0.2, 0.25) is 0 Å². The first-order valence-electron chi connectivity index (χ1n) is 9.30. The van der Waals surface area contributed by atoms with Gasteiger partial charge >= 0.3 is 0 Å². The number of likely N-dealkylation sites (tertiary alicyclic amines) is 1. The fourth-order valence-electron chi connectivity index (χ4n) is 3.34. The van der Waals surface area contributed by atoms with Gasteiger partial charge in [-0.25, -0.2) is 0 Å². The predicted octanol–water partition coefficient (Wildman–Crippen LogP) is 3.79. The molecule has 0 radical (unpaired) electrons. The van der Waals surface area contributed by atoms with Crippen LogP contribution in [0.15, 0.2) is 18.2 Å². The Balaban J connectivity index is 2.02. The first-order valence-corrected chi connectivity index (χ1v) is 9.30. The summed E-state index contributed by atoms with van der Waals surface area (Å²) in [6.45, 7) is 7.68. The third-order valence-electron chi connectivity index (χ3n) is 4.86. The largest absolute Gasteiger partial charge is 0.342 e. The molecule has 0 aromatic heterocycles. The van der Waals surface area contributed by atoms with Crippen molar-refractivity contribution in [3.8, 4) is 0 Å². The lowest BCUT2D eigenvalue weighted by Crippen LogP contribution is -2.29. The fraction of sp³-hybridized carbons (Fsp3) is 0.600. The molecule has 2 rings (SSSR count). The molecule has 132 valence electrons. The Bertz CT molecular complexity index is 561. The highest BCUT2D eigenvalue weighted by molar-refractivity contribution is 5.98. The topological polar surface area (TPSA) is 49.4 Å². The van der Waals surface area contributed by atoms with Crippen molar-refractivity contribution >= 4 is 17.5 Å². The second-order valence-electron chi connectivity index (χ2n) is 6.60. The first kappa shape index (κ1) is 18.5. The molecule has 1 aliphatic rings. The van der Waals surface area contributed by atoms with Crippen LogP contribution in [-0.2, 0) is 22.4 Å². The Labute approximate surface area is 145 Å². The molecule has 0 saturated carbocycles. The lowest BCUT2D eigenvalue weighted by Gasteiger charge is -2.18. The van der Waals surface area contributed by atoms with E-state index >= 15 is 0 Å².